The molecule has 0 N–H and O–H groups in total. The van der Waals surface area contributed by atoms with Crippen LogP contribution in [0.2, 0.25) is 6.55 Å². The first kappa shape index (κ1) is 18.9. The van der Waals surface area contributed by atoms with Crippen LogP contribution in [0.1, 0.15) is 0 Å². The van der Waals surface area contributed by atoms with E-state index < -0.39 is 8.56 Å². The lowest BCUT2D eigenvalue weighted by Gasteiger charge is -2.22. The van der Waals surface area contributed by atoms with Crippen LogP contribution in [0.25, 0.3) is 0 Å². The maximum atomic E-state index is 5.58. The monoisotopic (exact) mass is 352 g/mol. The van der Waals surface area contributed by atoms with Crippen LogP contribution in [0, 0.1) is 0 Å². The average molecular weight is 353 g/mol. The molecule has 0 aliphatic rings. The first-order valence-electron chi connectivity index (χ1n) is 8.12. The van der Waals surface area contributed by atoms with E-state index in [0.29, 0.717) is 0 Å². The van der Waals surface area contributed by atoms with Gasteiger partial charge in [0, 0.05) is 14.2 Å². The maximum Gasteiger partial charge on any atom is 0.368 e. The Labute approximate surface area is 151 Å². The first-order chi connectivity index (χ1) is 12.2. The van der Waals surface area contributed by atoms with Gasteiger partial charge in [-0.3, -0.25) is 0 Å². The lowest BCUT2D eigenvalue weighted by molar-refractivity contribution is 0.265. The van der Waals surface area contributed by atoms with Gasteiger partial charge in [-0.2, -0.15) is 0 Å². The first-order valence-corrected chi connectivity index (χ1v) is 10.4. The fourth-order valence-corrected chi connectivity index (χ4v) is 3.61. The zero-order valence-electron chi connectivity index (χ0n) is 14.9. The van der Waals surface area contributed by atoms with Crippen molar-refractivity contribution in [2.24, 2.45) is 0 Å². The summed E-state index contributed by atoms with van der Waals surface area (Å²) in [6.45, 7) is 2.03. The van der Waals surface area contributed by atoms with Crippen LogP contribution in [0.5, 0.6) is 11.5 Å². The molecule has 0 aliphatic heterocycles. The zero-order valence-corrected chi connectivity index (χ0v) is 15.9. The van der Waals surface area contributed by atoms with Crippen molar-refractivity contribution in [1.29, 1.82) is 0 Å². The minimum atomic E-state index is -2.07. The summed E-state index contributed by atoms with van der Waals surface area (Å²) in [6, 6.07) is 29.6. The van der Waals surface area contributed by atoms with E-state index in [1.165, 1.54) is 0 Å². The Balaban J connectivity index is 0.000000181. The van der Waals surface area contributed by atoms with Crippen molar-refractivity contribution < 1.29 is 13.6 Å². The molecule has 0 amide bonds. The summed E-state index contributed by atoms with van der Waals surface area (Å²) >= 11 is 0. The number of hydrogen-bond acceptors (Lipinski definition) is 3. The van der Waals surface area contributed by atoms with Crippen LogP contribution in [0.4, 0.5) is 0 Å². The molecule has 0 unspecified atom stereocenters. The molecule has 0 saturated heterocycles. The van der Waals surface area contributed by atoms with Gasteiger partial charge in [0.2, 0.25) is 0 Å². The lowest BCUT2D eigenvalue weighted by Crippen LogP contribution is -2.49. The molecule has 25 heavy (non-hydrogen) atoms. The van der Waals surface area contributed by atoms with Gasteiger partial charge >= 0.3 is 8.56 Å². The van der Waals surface area contributed by atoms with E-state index in [0.717, 1.165) is 16.7 Å². The summed E-state index contributed by atoms with van der Waals surface area (Å²) in [5.41, 5.74) is 0. The van der Waals surface area contributed by atoms with E-state index >= 15 is 0 Å². The van der Waals surface area contributed by atoms with Crippen LogP contribution in [-0.2, 0) is 8.85 Å². The largest absolute Gasteiger partial charge is 0.457 e. The highest BCUT2D eigenvalue weighted by atomic mass is 28.4. The Morgan fingerprint density at radius 1 is 0.560 bits per heavy atom. The molecular weight excluding hydrogens is 328 g/mol. The molecule has 0 bridgehead atoms. The third kappa shape index (κ3) is 5.87. The number of rotatable bonds is 5. The normalized spacial score (nSPS) is 10.5. The topological polar surface area (TPSA) is 27.7 Å². The van der Waals surface area contributed by atoms with Crippen molar-refractivity contribution in [1.82, 2.24) is 0 Å². The van der Waals surface area contributed by atoms with Crippen LogP contribution in [0.3, 0.4) is 0 Å². The molecule has 0 fully saturated rings. The predicted octanol–water partition coefficient (Wildman–Crippen LogP) is 4.74. The van der Waals surface area contributed by atoms with Crippen LogP contribution in [0.15, 0.2) is 91.0 Å². The second-order valence-electron chi connectivity index (χ2n) is 5.45. The minimum Gasteiger partial charge on any atom is -0.457 e. The van der Waals surface area contributed by atoms with Gasteiger partial charge in [-0.15, -0.1) is 0 Å². The highest BCUT2D eigenvalue weighted by molar-refractivity contribution is 6.79. The van der Waals surface area contributed by atoms with Crippen LogP contribution >= 0.6 is 0 Å². The van der Waals surface area contributed by atoms with Gasteiger partial charge in [0.05, 0.1) is 0 Å². The third-order valence-corrected chi connectivity index (χ3v) is 6.74. The van der Waals surface area contributed by atoms with E-state index in [1.54, 1.807) is 14.2 Å². The molecule has 4 heteroatoms. The molecule has 3 aromatic carbocycles. The fraction of sp³-hybridized carbons (Fsp3) is 0.143. The molecule has 3 rings (SSSR count). The van der Waals surface area contributed by atoms with Crippen molar-refractivity contribution >= 4 is 13.7 Å². The van der Waals surface area contributed by atoms with Crippen molar-refractivity contribution in [2.75, 3.05) is 14.2 Å². The second kappa shape index (κ2) is 9.79. The molecule has 0 aliphatic carbocycles. The van der Waals surface area contributed by atoms with Crippen molar-refractivity contribution in [2.45, 2.75) is 6.55 Å². The van der Waals surface area contributed by atoms with Crippen molar-refractivity contribution in [3.05, 3.63) is 91.0 Å². The Bertz CT molecular complexity index is 676. The minimum absolute atomic E-state index is 0.869. The standard InChI is InChI=1S/C12H10O.C9H14O2Si/c1-3-7-11(8-4-1)13-12-9-5-2-6-10-12;1-10-12(3,11-2)9-7-5-4-6-8-9/h1-10H;4-8H,1-3H3. The van der Waals surface area contributed by atoms with Crippen molar-refractivity contribution in [3.8, 4) is 11.5 Å². The summed E-state index contributed by atoms with van der Waals surface area (Å²) in [7, 11) is 1.32. The molecule has 0 aromatic heterocycles. The van der Waals surface area contributed by atoms with E-state index in [1.807, 2.05) is 97.5 Å². The summed E-state index contributed by atoms with van der Waals surface area (Å²) in [4.78, 5) is 0. The molecule has 3 nitrogen and oxygen atoms in total. The second-order valence-corrected chi connectivity index (χ2v) is 8.73. The third-order valence-electron chi connectivity index (χ3n) is 3.80. The molecule has 0 saturated carbocycles. The van der Waals surface area contributed by atoms with Crippen LogP contribution < -0.4 is 9.92 Å². The Hall–Kier alpha value is -2.40. The molecule has 3 aromatic rings. The SMILES string of the molecule is CO[Si](C)(OC)c1ccccc1.c1ccc(Oc2ccccc2)cc1. The molecule has 0 atom stereocenters. The molecule has 130 valence electrons. The van der Waals surface area contributed by atoms with Gasteiger partial charge in [-0.1, -0.05) is 66.7 Å². The van der Waals surface area contributed by atoms with Gasteiger partial charge < -0.3 is 13.6 Å². The number of para-hydroxylation sites is 2. The van der Waals surface area contributed by atoms with E-state index in [9.17, 15) is 0 Å². The van der Waals surface area contributed by atoms with Gasteiger partial charge in [-0.05, 0) is 36.0 Å². The summed E-state index contributed by atoms with van der Waals surface area (Å²) in [6.07, 6.45) is 0. The van der Waals surface area contributed by atoms with Gasteiger partial charge in [0.25, 0.3) is 0 Å². The highest BCUT2D eigenvalue weighted by Gasteiger charge is 2.30. The van der Waals surface area contributed by atoms with Gasteiger partial charge in [0.1, 0.15) is 11.5 Å². The Morgan fingerprint density at radius 2 is 0.920 bits per heavy atom. The summed E-state index contributed by atoms with van der Waals surface area (Å²) in [5, 5.41) is 1.16. The Kier molecular flexibility index (Phi) is 7.41. The van der Waals surface area contributed by atoms with Crippen molar-refractivity contribution in [3.63, 3.8) is 0 Å². The predicted molar refractivity (Wildman–Crippen MR) is 105 cm³/mol. The van der Waals surface area contributed by atoms with Gasteiger partial charge in [0.15, 0.2) is 0 Å². The molecular formula is C21H24O3Si. The quantitative estimate of drug-likeness (QED) is 0.621. The maximum absolute atomic E-state index is 5.58. The lowest BCUT2D eigenvalue weighted by atomic mass is 10.3. The number of ether oxygens (including phenoxy) is 1. The average Bonchev–Trinajstić information content (AvgIpc) is 2.70. The van der Waals surface area contributed by atoms with E-state index in [-0.39, 0.29) is 0 Å². The highest BCUT2D eigenvalue weighted by Crippen LogP contribution is 2.19. The fourth-order valence-electron chi connectivity index (χ4n) is 2.17. The zero-order chi connectivity index (χ0) is 18.0. The van der Waals surface area contributed by atoms with E-state index in [4.69, 9.17) is 13.6 Å². The summed E-state index contributed by atoms with van der Waals surface area (Å²) in [5.74, 6) is 1.74. The number of hydrogen-bond donors (Lipinski definition) is 0. The molecule has 0 heterocycles. The van der Waals surface area contributed by atoms with Gasteiger partial charge in [-0.25, -0.2) is 0 Å². The number of benzene rings is 3. The summed E-state index contributed by atoms with van der Waals surface area (Å²) < 4.78 is 16.4. The Morgan fingerprint density at radius 3 is 1.28 bits per heavy atom. The smallest absolute Gasteiger partial charge is 0.368 e. The van der Waals surface area contributed by atoms with Crippen LogP contribution in [-0.4, -0.2) is 22.8 Å². The van der Waals surface area contributed by atoms with E-state index in [2.05, 4.69) is 0 Å². The molecule has 0 spiro atoms. The molecule has 0 radical (unpaired) electrons.